The van der Waals surface area contributed by atoms with E-state index in [2.05, 4.69) is 10.3 Å². The van der Waals surface area contributed by atoms with Gasteiger partial charge in [-0.05, 0) is 36.4 Å². The fourth-order valence-electron chi connectivity index (χ4n) is 2.04. The van der Waals surface area contributed by atoms with Gasteiger partial charge in [-0.25, -0.2) is 4.98 Å². The Kier molecular flexibility index (Phi) is 4.64. The highest BCUT2D eigenvalue weighted by Crippen LogP contribution is 2.22. The van der Waals surface area contributed by atoms with Gasteiger partial charge in [0.1, 0.15) is 5.01 Å². The molecule has 2 aromatic carbocycles. The molecule has 23 heavy (non-hydrogen) atoms. The van der Waals surface area contributed by atoms with Gasteiger partial charge in [0, 0.05) is 33.7 Å². The van der Waals surface area contributed by atoms with E-state index in [0.29, 0.717) is 10.6 Å². The highest BCUT2D eigenvalue weighted by molar-refractivity contribution is 7.84. The molecule has 3 rings (SSSR count). The van der Waals surface area contributed by atoms with E-state index in [-0.39, 0.29) is 5.91 Å². The number of nitrogens with zero attached hydrogens (tertiary/aromatic N) is 1. The van der Waals surface area contributed by atoms with Crippen molar-refractivity contribution in [1.29, 1.82) is 0 Å². The predicted molar refractivity (Wildman–Crippen MR) is 96.1 cm³/mol. The summed E-state index contributed by atoms with van der Waals surface area (Å²) in [5.74, 6) is -0.247. The minimum Gasteiger partial charge on any atom is -0.322 e. The summed E-state index contributed by atoms with van der Waals surface area (Å²) >= 11 is 1.53. The van der Waals surface area contributed by atoms with Gasteiger partial charge in [-0.3, -0.25) is 9.00 Å². The molecule has 1 aromatic heterocycles. The Labute approximate surface area is 140 Å². The fourth-order valence-corrected chi connectivity index (χ4v) is 3.48. The molecule has 1 heterocycles. The van der Waals surface area contributed by atoms with E-state index in [9.17, 15) is 9.00 Å². The third-order valence-corrected chi connectivity index (χ3v) is 5.04. The van der Waals surface area contributed by atoms with Gasteiger partial charge in [-0.1, -0.05) is 18.2 Å². The van der Waals surface area contributed by atoms with Gasteiger partial charge < -0.3 is 5.32 Å². The van der Waals surface area contributed by atoms with E-state index in [1.165, 1.54) is 17.4 Å². The molecule has 0 aliphatic carbocycles. The first-order valence-electron chi connectivity index (χ1n) is 6.90. The first-order chi connectivity index (χ1) is 11.1. The summed E-state index contributed by atoms with van der Waals surface area (Å²) in [6.07, 6.45) is 4.75. The minimum atomic E-state index is -1.07. The second kappa shape index (κ2) is 6.85. The normalized spacial score (nSPS) is 12.6. The van der Waals surface area contributed by atoms with Crippen LogP contribution < -0.4 is 5.32 Å². The molecule has 1 atom stereocenters. The van der Waals surface area contributed by atoms with Crippen molar-refractivity contribution in [2.45, 2.75) is 4.90 Å². The van der Waals surface area contributed by atoms with E-state index < -0.39 is 10.8 Å². The summed E-state index contributed by atoms with van der Waals surface area (Å²) in [6.45, 7) is 0. The molecule has 4 nitrogen and oxygen atoms in total. The molecular formula is C17H14N2O2S2. The lowest BCUT2D eigenvalue weighted by atomic mass is 10.3. The zero-order valence-corrected chi connectivity index (χ0v) is 14.0. The van der Waals surface area contributed by atoms with Gasteiger partial charge in [0.25, 0.3) is 0 Å². The number of amides is 1. The Morgan fingerprint density at radius 2 is 2.04 bits per heavy atom. The zero-order valence-electron chi connectivity index (χ0n) is 12.4. The Hall–Kier alpha value is -2.31. The Morgan fingerprint density at radius 1 is 1.22 bits per heavy atom. The Morgan fingerprint density at radius 3 is 2.83 bits per heavy atom. The fraction of sp³-hybridized carbons (Fsp3) is 0.0588. The summed E-state index contributed by atoms with van der Waals surface area (Å²) in [7, 11) is -1.07. The monoisotopic (exact) mass is 342 g/mol. The zero-order chi connectivity index (χ0) is 16.2. The van der Waals surface area contributed by atoms with Crippen molar-refractivity contribution in [3.05, 3.63) is 59.6 Å². The van der Waals surface area contributed by atoms with Crippen LogP contribution in [0.3, 0.4) is 0 Å². The van der Waals surface area contributed by atoms with Gasteiger partial charge >= 0.3 is 0 Å². The van der Waals surface area contributed by atoms with Crippen molar-refractivity contribution in [3.63, 3.8) is 0 Å². The van der Waals surface area contributed by atoms with E-state index in [4.69, 9.17) is 0 Å². The van der Waals surface area contributed by atoms with Crippen LogP contribution in [0.25, 0.3) is 16.3 Å². The van der Waals surface area contributed by atoms with Crippen LogP contribution in [-0.2, 0) is 15.6 Å². The number of nitrogens with one attached hydrogen (secondary N) is 1. The molecule has 1 N–H and O–H groups in total. The molecule has 3 aromatic rings. The average molecular weight is 342 g/mol. The van der Waals surface area contributed by atoms with Crippen LogP contribution >= 0.6 is 11.3 Å². The molecule has 0 saturated heterocycles. The van der Waals surface area contributed by atoms with E-state index >= 15 is 0 Å². The summed E-state index contributed by atoms with van der Waals surface area (Å²) in [4.78, 5) is 17.1. The second-order valence-corrected chi connectivity index (χ2v) is 7.27. The van der Waals surface area contributed by atoms with Crippen molar-refractivity contribution >= 4 is 50.0 Å². The Bertz CT molecular complexity index is 883. The van der Waals surface area contributed by atoms with Gasteiger partial charge in [-0.2, -0.15) is 0 Å². The van der Waals surface area contributed by atoms with Crippen molar-refractivity contribution in [3.8, 4) is 0 Å². The van der Waals surface area contributed by atoms with Gasteiger partial charge in [0.15, 0.2) is 0 Å². The van der Waals surface area contributed by atoms with E-state index in [1.54, 1.807) is 36.6 Å². The van der Waals surface area contributed by atoms with E-state index in [0.717, 1.165) is 15.2 Å². The summed E-state index contributed by atoms with van der Waals surface area (Å²) in [5, 5.41) is 3.54. The quantitative estimate of drug-likeness (QED) is 0.736. The second-order valence-electron chi connectivity index (χ2n) is 4.82. The van der Waals surface area contributed by atoms with Crippen molar-refractivity contribution in [2.75, 3.05) is 11.6 Å². The summed E-state index contributed by atoms with van der Waals surface area (Å²) in [6, 6.07) is 14.9. The number of thiazole rings is 1. The molecule has 0 unspecified atom stereocenters. The number of carbonyl (C=O) groups is 1. The van der Waals surface area contributed by atoms with Crippen LogP contribution in [-0.4, -0.2) is 21.4 Å². The van der Waals surface area contributed by atoms with Crippen LogP contribution in [0.5, 0.6) is 0 Å². The number of para-hydroxylation sites is 1. The predicted octanol–water partition coefficient (Wildman–Crippen LogP) is 3.69. The molecule has 0 fully saturated rings. The van der Waals surface area contributed by atoms with Crippen LogP contribution in [0.2, 0.25) is 0 Å². The number of hydrogen-bond acceptors (Lipinski definition) is 4. The van der Waals surface area contributed by atoms with E-state index in [1.807, 2.05) is 24.3 Å². The summed E-state index contributed by atoms with van der Waals surface area (Å²) < 4.78 is 12.5. The molecular weight excluding hydrogens is 328 g/mol. The molecule has 0 aliphatic heterocycles. The third-order valence-electron chi connectivity index (χ3n) is 3.12. The van der Waals surface area contributed by atoms with Crippen LogP contribution in [0.4, 0.5) is 5.69 Å². The van der Waals surface area contributed by atoms with Crippen LogP contribution in [0.1, 0.15) is 5.01 Å². The number of carbonyl (C=O) groups excluding carboxylic acids is 1. The smallest absolute Gasteiger partial charge is 0.248 e. The highest BCUT2D eigenvalue weighted by atomic mass is 32.2. The molecule has 116 valence electrons. The Balaban J connectivity index is 1.71. The number of hydrogen-bond donors (Lipinski definition) is 1. The highest BCUT2D eigenvalue weighted by Gasteiger charge is 2.03. The molecule has 0 bridgehead atoms. The van der Waals surface area contributed by atoms with Gasteiger partial charge in [0.05, 0.1) is 10.2 Å². The lowest BCUT2D eigenvalue weighted by molar-refractivity contribution is -0.111. The number of aromatic nitrogens is 1. The molecule has 0 spiro atoms. The maximum atomic E-state index is 12.0. The van der Waals surface area contributed by atoms with Crippen molar-refractivity contribution in [1.82, 2.24) is 4.98 Å². The van der Waals surface area contributed by atoms with Crippen LogP contribution in [0, 0.1) is 0 Å². The largest absolute Gasteiger partial charge is 0.322 e. The third kappa shape index (κ3) is 3.91. The standard InChI is InChI=1S/C17H14N2O2S2/c1-23(21)13-6-4-5-12(11-13)18-16(20)9-10-17-19-14-7-2-3-8-15(14)22-17/h2-11H,1H3,(H,18,20)/b10-9-/t23-/m0/s1. The molecule has 1 amide bonds. The minimum absolute atomic E-state index is 0.247. The molecule has 0 saturated carbocycles. The maximum Gasteiger partial charge on any atom is 0.248 e. The lowest BCUT2D eigenvalue weighted by Crippen LogP contribution is -2.07. The van der Waals surface area contributed by atoms with Crippen LogP contribution in [0.15, 0.2) is 59.5 Å². The summed E-state index contributed by atoms with van der Waals surface area (Å²) in [5.41, 5.74) is 1.55. The average Bonchev–Trinajstić information content (AvgIpc) is 2.96. The number of fused-ring (bicyclic) bond motifs is 1. The lowest BCUT2D eigenvalue weighted by Gasteiger charge is -2.03. The maximum absolute atomic E-state index is 12.0. The first-order valence-corrected chi connectivity index (χ1v) is 9.27. The number of anilines is 1. The van der Waals surface area contributed by atoms with Gasteiger partial charge in [-0.15, -0.1) is 11.3 Å². The SMILES string of the molecule is C[S@](=O)c1cccc(NC(=O)/C=C\c2nc3ccccc3s2)c1. The first kappa shape index (κ1) is 15.6. The van der Waals surface area contributed by atoms with Crippen molar-refractivity contribution in [2.24, 2.45) is 0 Å². The van der Waals surface area contributed by atoms with Crippen molar-refractivity contribution < 1.29 is 9.00 Å². The topological polar surface area (TPSA) is 59.1 Å². The molecule has 0 radical (unpaired) electrons. The molecule has 0 aliphatic rings. The number of benzene rings is 2. The molecule has 6 heteroatoms. The number of rotatable bonds is 4. The van der Waals surface area contributed by atoms with Gasteiger partial charge in [0.2, 0.25) is 5.91 Å².